The first-order valence-corrected chi connectivity index (χ1v) is 10.1. The van der Waals surface area contributed by atoms with E-state index in [-0.39, 0.29) is 36.4 Å². The molecule has 0 aliphatic carbocycles. The highest BCUT2D eigenvalue weighted by atomic mass is 127. The van der Waals surface area contributed by atoms with Crippen LogP contribution in [0.4, 0.5) is 5.69 Å². The third-order valence-electron chi connectivity index (χ3n) is 3.72. The van der Waals surface area contributed by atoms with E-state index < -0.39 is 0 Å². The molecule has 140 valence electrons. The summed E-state index contributed by atoms with van der Waals surface area (Å²) in [7, 11) is 0. The molecule has 0 aromatic heterocycles. The smallest absolute Gasteiger partial charge is 0.246 e. The summed E-state index contributed by atoms with van der Waals surface area (Å²) >= 11 is 5.42. The van der Waals surface area contributed by atoms with Crippen LogP contribution in [0.5, 0.6) is 0 Å². The molecule has 0 spiro atoms. The summed E-state index contributed by atoms with van der Waals surface area (Å²) in [6.45, 7) is 5.75. The lowest BCUT2D eigenvalue weighted by Crippen LogP contribution is -2.40. The van der Waals surface area contributed by atoms with Gasteiger partial charge in [-0.15, -0.1) is 24.0 Å². The Morgan fingerprint density at radius 2 is 2.20 bits per heavy atom. The van der Waals surface area contributed by atoms with E-state index in [1.165, 1.54) is 18.6 Å². The molecule has 1 aliphatic heterocycles. The number of hydrogen-bond acceptors (Lipinski definition) is 3. The summed E-state index contributed by atoms with van der Waals surface area (Å²) in [4.78, 5) is 16.5. The van der Waals surface area contributed by atoms with Crippen LogP contribution in [0.15, 0.2) is 27.7 Å². The van der Waals surface area contributed by atoms with Crippen molar-refractivity contribution in [1.82, 2.24) is 10.6 Å². The van der Waals surface area contributed by atoms with Crippen LogP contribution in [0.1, 0.15) is 25.3 Å². The predicted molar refractivity (Wildman–Crippen MR) is 122 cm³/mol. The molecule has 1 aliphatic rings. The standard InChI is InChI=1S/C17H25BrN4OS.HI/c1-3-19-17(20-10-14-5-4-8-24-14)21-11-16(23)22-15-9-13(18)7-6-12(15)2;/h6-7,9,14H,3-5,8,10-11H2,1-2H3,(H,22,23)(H2,19,20,21);1H. The molecule has 1 heterocycles. The Hall–Kier alpha value is -0.480. The molecule has 8 heteroatoms. The van der Waals surface area contributed by atoms with Crippen LogP contribution in [0.2, 0.25) is 0 Å². The van der Waals surface area contributed by atoms with E-state index in [4.69, 9.17) is 0 Å². The van der Waals surface area contributed by atoms with Gasteiger partial charge in [0.15, 0.2) is 5.96 Å². The lowest BCUT2D eigenvalue weighted by atomic mass is 10.2. The maximum Gasteiger partial charge on any atom is 0.246 e. The molecule has 25 heavy (non-hydrogen) atoms. The molecule has 5 nitrogen and oxygen atoms in total. The van der Waals surface area contributed by atoms with Crippen LogP contribution in [0.25, 0.3) is 0 Å². The first-order chi connectivity index (χ1) is 11.6. The Morgan fingerprint density at radius 3 is 2.88 bits per heavy atom. The lowest BCUT2D eigenvalue weighted by Gasteiger charge is -2.14. The van der Waals surface area contributed by atoms with E-state index in [1.54, 1.807) is 0 Å². The van der Waals surface area contributed by atoms with Crippen molar-refractivity contribution in [3.63, 3.8) is 0 Å². The van der Waals surface area contributed by atoms with Crippen LogP contribution in [0.3, 0.4) is 0 Å². The monoisotopic (exact) mass is 540 g/mol. The van der Waals surface area contributed by atoms with Gasteiger partial charge < -0.3 is 16.0 Å². The van der Waals surface area contributed by atoms with Crippen LogP contribution >= 0.6 is 51.7 Å². The highest BCUT2D eigenvalue weighted by Crippen LogP contribution is 2.25. The minimum absolute atomic E-state index is 0. The Morgan fingerprint density at radius 1 is 1.40 bits per heavy atom. The number of nitrogens with one attached hydrogen (secondary N) is 3. The topological polar surface area (TPSA) is 65.5 Å². The second-order valence-electron chi connectivity index (χ2n) is 5.72. The third-order valence-corrected chi connectivity index (χ3v) is 5.61. The second kappa shape index (κ2) is 12.0. The van der Waals surface area contributed by atoms with Crippen LogP contribution in [-0.2, 0) is 4.79 Å². The fourth-order valence-electron chi connectivity index (χ4n) is 2.43. The van der Waals surface area contributed by atoms with E-state index in [2.05, 4.69) is 36.9 Å². The number of aliphatic imine (C=N–C) groups is 1. The van der Waals surface area contributed by atoms with E-state index >= 15 is 0 Å². The minimum atomic E-state index is -0.122. The molecule has 2 rings (SSSR count). The number of benzene rings is 1. The fraction of sp³-hybridized carbons (Fsp3) is 0.529. The summed E-state index contributed by atoms with van der Waals surface area (Å²) in [6, 6.07) is 5.82. The van der Waals surface area contributed by atoms with Crippen molar-refractivity contribution in [1.29, 1.82) is 0 Å². The van der Waals surface area contributed by atoms with Gasteiger partial charge in [-0.25, -0.2) is 4.99 Å². The number of rotatable bonds is 6. The zero-order chi connectivity index (χ0) is 17.4. The maximum absolute atomic E-state index is 12.2. The van der Waals surface area contributed by atoms with Gasteiger partial charge in [-0.1, -0.05) is 22.0 Å². The Balaban J connectivity index is 0.00000312. The maximum atomic E-state index is 12.2. The summed E-state index contributed by atoms with van der Waals surface area (Å²) in [5, 5.41) is 10.1. The van der Waals surface area contributed by atoms with Crippen molar-refractivity contribution >= 4 is 69.2 Å². The van der Waals surface area contributed by atoms with Gasteiger partial charge in [0.1, 0.15) is 6.54 Å². The highest BCUT2D eigenvalue weighted by Gasteiger charge is 2.15. The predicted octanol–water partition coefficient (Wildman–Crippen LogP) is 3.76. The van der Waals surface area contributed by atoms with Crippen LogP contribution < -0.4 is 16.0 Å². The quantitative estimate of drug-likeness (QED) is 0.292. The zero-order valence-corrected chi connectivity index (χ0v) is 19.3. The number of amides is 1. The fourth-order valence-corrected chi connectivity index (χ4v) is 3.99. The average molecular weight is 541 g/mol. The van der Waals surface area contributed by atoms with Crippen molar-refractivity contribution in [2.45, 2.75) is 31.9 Å². The first kappa shape index (κ1) is 22.6. The van der Waals surface area contributed by atoms with E-state index in [9.17, 15) is 4.79 Å². The Labute approximate surface area is 179 Å². The van der Waals surface area contributed by atoms with E-state index in [0.717, 1.165) is 28.8 Å². The third kappa shape index (κ3) is 8.17. The number of thioether (sulfide) groups is 1. The molecule has 1 aromatic carbocycles. The van der Waals surface area contributed by atoms with Crippen molar-refractivity contribution in [3.05, 3.63) is 28.2 Å². The van der Waals surface area contributed by atoms with Crippen molar-refractivity contribution < 1.29 is 4.79 Å². The number of carbonyl (C=O) groups is 1. The molecule has 1 amide bonds. The van der Waals surface area contributed by atoms with Gasteiger partial charge in [-0.05, 0) is 50.1 Å². The SMILES string of the molecule is CCNC(=NCC(=O)Nc1cc(Br)ccc1C)NCC1CCCS1.I. The number of carbonyl (C=O) groups excluding carboxylic acids is 1. The van der Waals surface area contributed by atoms with Gasteiger partial charge in [-0.2, -0.15) is 11.8 Å². The molecule has 1 aromatic rings. The number of nitrogens with zero attached hydrogens (tertiary/aromatic N) is 1. The molecule has 0 radical (unpaired) electrons. The Bertz CT molecular complexity index is 594. The number of guanidine groups is 1. The first-order valence-electron chi connectivity index (χ1n) is 8.28. The molecule has 3 N–H and O–H groups in total. The van der Waals surface area contributed by atoms with Gasteiger partial charge in [-0.3, -0.25) is 4.79 Å². The second-order valence-corrected chi connectivity index (χ2v) is 8.04. The summed E-state index contributed by atoms with van der Waals surface area (Å²) in [5.41, 5.74) is 1.84. The lowest BCUT2D eigenvalue weighted by molar-refractivity contribution is -0.114. The van der Waals surface area contributed by atoms with Gasteiger partial charge >= 0.3 is 0 Å². The highest BCUT2D eigenvalue weighted by molar-refractivity contribution is 14.0. The van der Waals surface area contributed by atoms with Crippen LogP contribution in [-0.4, -0.2) is 42.5 Å². The molecule has 1 saturated heterocycles. The normalized spacial score (nSPS) is 16.9. The van der Waals surface area contributed by atoms with Crippen molar-refractivity contribution in [2.24, 2.45) is 4.99 Å². The largest absolute Gasteiger partial charge is 0.357 e. The van der Waals surface area contributed by atoms with Crippen molar-refractivity contribution in [2.75, 3.05) is 30.7 Å². The summed E-state index contributed by atoms with van der Waals surface area (Å²) in [5.74, 6) is 1.82. The minimum Gasteiger partial charge on any atom is -0.357 e. The number of aryl methyl sites for hydroxylation is 1. The van der Waals surface area contributed by atoms with E-state index in [0.29, 0.717) is 11.2 Å². The number of hydrogen-bond donors (Lipinski definition) is 3. The molecular formula is C17H26BrIN4OS. The average Bonchev–Trinajstić information content (AvgIpc) is 3.07. The van der Waals surface area contributed by atoms with E-state index in [1.807, 2.05) is 43.8 Å². The zero-order valence-electron chi connectivity index (χ0n) is 14.6. The van der Waals surface area contributed by atoms with Crippen molar-refractivity contribution in [3.8, 4) is 0 Å². The Kier molecular flexibility index (Phi) is 10.8. The number of anilines is 1. The van der Waals surface area contributed by atoms with Crippen LogP contribution in [0, 0.1) is 6.92 Å². The summed E-state index contributed by atoms with van der Waals surface area (Å²) in [6.07, 6.45) is 2.54. The van der Waals surface area contributed by atoms with Gasteiger partial charge in [0.25, 0.3) is 0 Å². The number of halogens is 2. The molecular weight excluding hydrogens is 515 g/mol. The molecule has 1 atom stereocenters. The molecule has 1 unspecified atom stereocenters. The van der Waals surface area contributed by atoms with Gasteiger partial charge in [0.2, 0.25) is 5.91 Å². The van der Waals surface area contributed by atoms with Gasteiger partial charge in [0.05, 0.1) is 0 Å². The molecule has 0 bridgehead atoms. The molecule has 0 saturated carbocycles. The summed E-state index contributed by atoms with van der Waals surface area (Å²) < 4.78 is 0.941. The van der Waals surface area contributed by atoms with Gasteiger partial charge in [0, 0.05) is 28.5 Å². The molecule has 1 fully saturated rings.